The highest BCUT2D eigenvalue weighted by Crippen LogP contribution is 2.26. The zero-order chi connectivity index (χ0) is 14.0. The Balaban J connectivity index is 2.11. The third-order valence-corrected chi connectivity index (χ3v) is 3.75. The van der Waals surface area contributed by atoms with Crippen molar-refractivity contribution in [1.82, 2.24) is 4.90 Å². The molecule has 1 fully saturated rings. The maximum atomic E-state index is 11.2. The summed E-state index contributed by atoms with van der Waals surface area (Å²) in [4.78, 5) is 15.7. The average Bonchev–Trinajstić information content (AvgIpc) is 2.74. The lowest BCUT2D eigenvalue weighted by atomic mass is 10.1. The van der Waals surface area contributed by atoms with Gasteiger partial charge >= 0.3 is 0 Å². The van der Waals surface area contributed by atoms with Crippen LogP contribution in [0.25, 0.3) is 0 Å². The van der Waals surface area contributed by atoms with Gasteiger partial charge in [-0.25, -0.2) is 0 Å². The van der Waals surface area contributed by atoms with E-state index < -0.39 is 5.91 Å². The number of rotatable bonds is 4. The van der Waals surface area contributed by atoms with Crippen molar-refractivity contribution in [3.63, 3.8) is 0 Å². The Morgan fingerprint density at radius 1 is 1.53 bits per heavy atom. The van der Waals surface area contributed by atoms with Gasteiger partial charge in [-0.15, -0.1) is 0 Å². The van der Waals surface area contributed by atoms with E-state index in [-0.39, 0.29) is 0 Å². The molecule has 0 aromatic heterocycles. The predicted octanol–water partition coefficient (Wildman–Crippen LogP) is 0.756. The highest BCUT2D eigenvalue weighted by Gasteiger charge is 2.21. The Bertz CT molecular complexity index is 475. The third kappa shape index (κ3) is 3.17. The largest absolute Gasteiger partial charge is 0.397 e. The van der Waals surface area contributed by atoms with Crippen LogP contribution in [0.4, 0.5) is 11.4 Å². The van der Waals surface area contributed by atoms with Crippen LogP contribution in [0.5, 0.6) is 0 Å². The Hall–Kier alpha value is -1.75. The van der Waals surface area contributed by atoms with Gasteiger partial charge in [0, 0.05) is 25.7 Å². The first-order valence-electron chi connectivity index (χ1n) is 6.56. The smallest absolute Gasteiger partial charge is 0.248 e. The molecule has 0 saturated carbocycles. The first kappa shape index (κ1) is 13.7. The molecule has 5 heteroatoms. The van der Waals surface area contributed by atoms with E-state index in [2.05, 4.69) is 16.8 Å². The molecule has 1 atom stereocenters. The van der Waals surface area contributed by atoms with E-state index in [4.69, 9.17) is 11.5 Å². The van der Waals surface area contributed by atoms with Crippen molar-refractivity contribution >= 4 is 17.3 Å². The number of nitrogen functional groups attached to an aromatic ring is 1. The van der Waals surface area contributed by atoms with Crippen molar-refractivity contribution < 1.29 is 4.79 Å². The van der Waals surface area contributed by atoms with Gasteiger partial charge in [0.05, 0.1) is 11.4 Å². The van der Waals surface area contributed by atoms with Crippen molar-refractivity contribution in [2.75, 3.05) is 44.4 Å². The number of carbonyl (C=O) groups is 1. The van der Waals surface area contributed by atoms with E-state index in [0.717, 1.165) is 25.3 Å². The number of hydrogen-bond acceptors (Lipinski definition) is 4. The topological polar surface area (TPSA) is 75.6 Å². The maximum Gasteiger partial charge on any atom is 0.248 e. The number of primary amides is 1. The summed E-state index contributed by atoms with van der Waals surface area (Å²) in [6.07, 6.45) is 1.20. The van der Waals surface area contributed by atoms with E-state index in [1.165, 1.54) is 6.42 Å². The standard InChI is InChI=1S/C14H22N4O/c1-17-6-5-10(8-17)9-18(2)13-7-11(14(16)19)3-4-12(13)15/h3-4,7,10H,5-6,8-9,15H2,1-2H3,(H2,16,19). The van der Waals surface area contributed by atoms with Gasteiger partial charge in [-0.1, -0.05) is 0 Å². The number of hydrogen-bond donors (Lipinski definition) is 2. The average molecular weight is 262 g/mol. The van der Waals surface area contributed by atoms with E-state index in [0.29, 0.717) is 17.2 Å². The normalized spacial score (nSPS) is 19.6. The first-order chi connectivity index (χ1) is 8.97. The van der Waals surface area contributed by atoms with Crippen molar-refractivity contribution in [1.29, 1.82) is 0 Å². The number of likely N-dealkylation sites (tertiary alicyclic amines) is 1. The second-order valence-corrected chi connectivity index (χ2v) is 5.44. The Morgan fingerprint density at radius 3 is 2.84 bits per heavy atom. The third-order valence-electron chi connectivity index (χ3n) is 3.75. The zero-order valence-corrected chi connectivity index (χ0v) is 11.6. The fraction of sp³-hybridized carbons (Fsp3) is 0.500. The summed E-state index contributed by atoms with van der Waals surface area (Å²) in [7, 11) is 4.15. The van der Waals surface area contributed by atoms with Crippen LogP contribution in [-0.2, 0) is 0 Å². The molecule has 1 aliphatic heterocycles. The lowest BCUT2D eigenvalue weighted by molar-refractivity contribution is 0.100. The summed E-state index contributed by atoms with van der Waals surface area (Å²) < 4.78 is 0. The number of benzene rings is 1. The van der Waals surface area contributed by atoms with E-state index in [1.54, 1.807) is 18.2 Å². The quantitative estimate of drug-likeness (QED) is 0.785. The Morgan fingerprint density at radius 2 is 2.26 bits per heavy atom. The second kappa shape index (κ2) is 5.48. The molecule has 4 N–H and O–H groups in total. The highest BCUT2D eigenvalue weighted by atomic mass is 16.1. The number of nitrogens with zero attached hydrogens (tertiary/aromatic N) is 2. The molecule has 1 aromatic carbocycles. The van der Waals surface area contributed by atoms with Crippen LogP contribution in [0.2, 0.25) is 0 Å². The molecule has 104 valence electrons. The summed E-state index contributed by atoms with van der Waals surface area (Å²) in [6, 6.07) is 5.18. The van der Waals surface area contributed by atoms with Gasteiger partial charge in [0.25, 0.3) is 0 Å². The monoisotopic (exact) mass is 262 g/mol. The minimum Gasteiger partial charge on any atom is -0.397 e. The zero-order valence-electron chi connectivity index (χ0n) is 11.6. The number of anilines is 2. The van der Waals surface area contributed by atoms with Gasteiger partial charge in [-0.05, 0) is 44.1 Å². The van der Waals surface area contributed by atoms with E-state index >= 15 is 0 Å². The molecule has 0 bridgehead atoms. The summed E-state index contributed by atoms with van der Waals surface area (Å²) in [5, 5.41) is 0. The summed E-state index contributed by atoms with van der Waals surface area (Å²) in [6.45, 7) is 3.20. The Kier molecular flexibility index (Phi) is 3.95. The van der Waals surface area contributed by atoms with Crippen LogP contribution in [0.15, 0.2) is 18.2 Å². The molecule has 2 rings (SSSR count). The van der Waals surface area contributed by atoms with Gasteiger partial charge in [-0.2, -0.15) is 0 Å². The molecule has 5 nitrogen and oxygen atoms in total. The molecule has 0 spiro atoms. The lowest BCUT2D eigenvalue weighted by Gasteiger charge is -2.25. The molecule has 19 heavy (non-hydrogen) atoms. The molecule has 1 aliphatic rings. The summed E-state index contributed by atoms with van der Waals surface area (Å²) in [5.74, 6) is 0.224. The maximum absolute atomic E-state index is 11.2. The van der Waals surface area contributed by atoms with Gasteiger partial charge in [0.15, 0.2) is 0 Å². The fourth-order valence-electron chi connectivity index (χ4n) is 2.69. The van der Waals surface area contributed by atoms with E-state index in [9.17, 15) is 4.79 Å². The van der Waals surface area contributed by atoms with Crippen molar-refractivity contribution in [2.24, 2.45) is 11.7 Å². The lowest BCUT2D eigenvalue weighted by Crippen LogP contribution is -2.28. The molecule has 1 saturated heterocycles. The second-order valence-electron chi connectivity index (χ2n) is 5.44. The number of nitrogens with two attached hydrogens (primary N) is 2. The first-order valence-corrected chi connectivity index (χ1v) is 6.56. The van der Waals surface area contributed by atoms with Crippen LogP contribution in [0, 0.1) is 5.92 Å². The van der Waals surface area contributed by atoms with Crippen LogP contribution in [0.1, 0.15) is 16.8 Å². The van der Waals surface area contributed by atoms with Gasteiger partial charge in [0.2, 0.25) is 5.91 Å². The summed E-state index contributed by atoms with van der Waals surface area (Å²) in [5.41, 5.74) is 13.4. The van der Waals surface area contributed by atoms with Crippen LogP contribution >= 0.6 is 0 Å². The van der Waals surface area contributed by atoms with Crippen molar-refractivity contribution in [3.05, 3.63) is 23.8 Å². The number of amides is 1. The number of carbonyl (C=O) groups excluding carboxylic acids is 1. The predicted molar refractivity (Wildman–Crippen MR) is 78.2 cm³/mol. The molecular formula is C14H22N4O. The molecule has 0 radical (unpaired) electrons. The summed E-state index contributed by atoms with van der Waals surface area (Å²) >= 11 is 0. The van der Waals surface area contributed by atoms with Gasteiger partial charge < -0.3 is 21.3 Å². The van der Waals surface area contributed by atoms with Gasteiger partial charge in [-0.3, -0.25) is 4.79 Å². The van der Waals surface area contributed by atoms with Gasteiger partial charge in [0.1, 0.15) is 0 Å². The molecular weight excluding hydrogens is 240 g/mol. The Labute approximate surface area is 114 Å². The molecule has 1 unspecified atom stereocenters. The molecule has 1 heterocycles. The van der Waals surface area contributed by atoms with E-state index in [1.807, 2.05) is 7.05 Å². The van der Waals surface area contributed by atoms with Crippen LogP contribution < -0.4 is 16.4 Å². The van der Waals surface area contributed by atoms with Crippen molar-refractivity contribution in [2.45, 2.75) is 6.42 Å². The highest BCUT2D eigenvalue weighted by molar-refractivity contribution is 5.95. The SMILES string of the molecule is CN1CCC(CN(C)c2cc(C(N)=O)ccc2N)C1. The van der Waals surface area contributed by atoms with Crippen LogP contribution in [0.3, 0.4) is 0 Å². The van der Waals surface area contributed by atoms with Crippen molar-refractivity contribution in [3.8, 4) is 0 Å². The molecule has 1 aromatic rings. The molecule has 1 amide bonds. The minimum atomic E-state index is -0.421. The minimum absolute atomic E-state index is 0.421. The molecule has 0 aliphatic carbocycles. The van der Waals surface area contributed by atoms with Crippen LogP contribution in [-0.4, -0.2) is 44.5 Å². The fourth-order valence-corrected chi connectivity index (χ4v) is 2.69.